The van der Waals surface area contributed by atoms with E-state index in [1.165, 1.54) is 29.8 Å². The van der Waals surface area contributed by atoms with Gasteiger partial charge in [0.2, 0.25) is 0 Å². The van der Waals surface area contributed by atoms with Gasteiger partial charge in [0.1, 0.15) is 12.1 Å². The van der Waals surface area contributed by atoms with Crippen LogP contribution in [0.1, 0.15) is 21.5 Å². The third kappa shape index (κ3) is 5.28. The number of nitrogen functional groups attached to an aromatic ring is 1. The summed E-state index contributed by atoms with van der Waals surface area (Å²) in [4.78, 5) is 33.3. The minimum absolute atomic E-state index is 0.0922. The highest BCUT2D eigenvalue weighted by Crippen LogP contribution is 2.36. The number of nitrogens with zero attached hydrogens (tertiary/aromatic N) is 2. The number of benzene rings is 2. The maximum Gasteiger partial charge on any atom is 0.417 e. The summed E-state index contributed by atoms with van der Waals surface area (Å²) >= 11 is 6.85. The van der Waals surface area contributed by atoms with Crippen molar-refractivity contribution >= 4 is 68.0 Å². The average molecular weight is 521 g/mol. The molecular weight excluding hydrogens is 505 g/mol. The van der Waals surface area contributed by atoms with Crippen LogP contribution < -0.4 is 21.7 Å². The molecule has 0 atom stereocenters. The monoisotopic (exact) mass is 520 g/mol. The zero-order valence-corrected chi connectivity index (χ0v) is 19.4. The van der Waals surface area contributed by atoms with E-state index in [0.29, 0.717) is 32.7 Å². The number of rotatable bonds is 4. The molecule has 0 aliphatic carbocycles. The number of aromatic nitrogens is 2. The second kappa shape index (κ2) is 9.39. The molecule has 2 aromatic carbocycles. The molecule has 0 aliphatic rings. The molecule has 5 N–H and O–H groups in total. The number of hydrogen-bond donors (Lipinski definition) is 4. The SMILES string of the molecule is Cc1ccc(NC(=O)Nc2ccc(Cl)c(C(F)(F)F)c2)cc1NC(=O)c1csc2c(N)ncnc12. The Morgan fingerprint density at radius 3 is 2.43 bits per heavy atom. The van der Waals surface area contributed by atoms with E-state index in [1.807, 2.05) is 0 Å². The van der Waals surface area contributed by atoms with Crippen molar-refractivity contribution in [3.8, 4) is 0 Å². The number of amides is 3. The molecule has 0 bridgehead atoms. The van der Waals surface area contributed by atoms with E-state index >= 15 is 0 Å². The summed E-state index contributed by atoms with van der Waals surface area (Å²) in [6, 6.07) is 7.03. The van der Waals surface area contributed by atoms with Gasteiger partial charge in [-0.15, -0.1) is 11.3 Å². The Hall–Kier alpha value is -3.90. The normalized spacial score (nSPS) is 11.3. The summed E-state index contributed by atoms with van der Waals surface area (Å²) in [5.74, 6) is -0.157. The number of carbonyl (C=O) groups is 2. The molecular formula is C22H16ClF3N6O2S. The number of hydrogen-bond acceptors (Lipinski definition) is 6. The van der Waals surface area contributed by atoms with Crippen LogP contribution in [-0.2, 0) is 6.18 Å². The average Bonchev–Trinajstić information content (AvgIpc) is 3.22. The van der Waals surface area contributed by atoms with Gasteiger partial charge >= 0.3 is 12.2 Å². The molecule has 4 rings (SSSR count). The van der Waals surface area contributed by atoms with Crippen molar-refractivity contribution in [2.75, 3.05) is 21.7 Å². The number of nitrogens with two attached hydrogens (primary N) is 1. The number of anilines is 4. The number of alkyl halides is 3. The van der Waals surface area contributed by atoms with E-state index in [-0.39, 0.29) is 11.5 Å². The molecule has 180 valence electrons. The third-order valence-corrected chi connectivity index (χ3v) is 6.22. The highest BCUT2D eigenvalue weighted by molar-refractivity contribution is 7.18. The maximum atomic E-state index is 13.0. The van der Waals surface area contributed by atoms with Crippen LogP contribution in [0.4, 0.5) is 40.8 Å². The summed E-state index contributed by atoms with van der Waals surface area (Å²) in [7, 11) is 0. The smallest absolute Gasteiger partial charge is 0.382 e. The van der Waals surface area contributed by atoms with Crippen LogP contribution >= 0.6 is 22.9 Å². The fourth-order valence-corrected chi connectivity index (χ4v) is 4.29. The molecule has 35 heavy (non-hydrogen) atoms. The second-order valence-electron chi connectivity index (χ2n) is 7.34. The summed E-state index contributed by atoms with van der Waals surface area (Å²) in [6.45, 7) is 1.76. The van der Waals surface area contributed by atoms with Crippen LogP contribution in [0.5, 0.6) is 0 Å². The Morgan fingerprint density at radius 1 is 1.03 bits per heavy atom. The first-order valence-corrected chi connectivity index (χ1v) is 11.1. The fourth-order valence-electron chi connectivity index (χ4n) is 3.17. The molecule has 8 nitrogen and oxygen atoms in total. The van der Waals surface area contributed by atoms with Gasteiger partial charge in [-0.1, -0.05) is 17.7 Å². The molecule has 0 radical (unpaired) electrons. The summed E-state index contributed by atoms with van der Waals surface area (Å²) in [6.07, 6.45) is -3.39. The van der Waals surface area contributed by atoms with Gasteiger partial charge < -0.3 is 21.7 Å². The molecule has 3 amide bonds. The molecule has 13 heteroatoms. The van der Waals surface area contributed by atoms with Gasteiger partial charge in [0, 0.05) is 22.4 Å². The van der Waals surface area contributed by atoms with Crippen molar-refractivity contribution in [1.82, 2.24) is 9.97 Å². The highest BCUT2D eigenvalue weighted by Gasteiger charge is 2.33. The van der Waals surface area contributed by atoms with Crippen molar-refractivity contribution in [1.29, 1.82) is 0 Å². The Labute approximate surface area is 205 Å². The molecule has 0 saturated carbocycles. The van der Waals surface area contributed by atoms with E-state index in [4.69, 9.17) is 17.3 Å². The number of thiophene rings is 1. The number of fused-ring (bicyclic) bond motifs is 1. The lowest BCUT2D eigenvalue weighted by Gasteiger charge is -2.14. The first-order chi connectivity index (χ1) is 16.5. The number of carbonyl (C=O) groups excluding carboxylic acids is 2. The van der Waals surface area contributed by atoms with Gasteiger partial charge in [-0.2, -0.15) is 13.2 Å². The van der Waals surface area contributed by atoms with Crippen molar-refractivity contribution in [2.45, 2.75) is 13.1 Å². The largest absolute Gasteiger partial charge is 0.417 e. The topological polar surface area (TPSA) is 122 Å². The van der Waals surface area contributed by atoms with Crippen molar-refractivity contribution in [3.63, 3.8) is 0 Å². The predicted molar refractivity (Wildman–Crippen MR) is 130 cm³/mol. The minimum Gasteiger partial charge on any atom is -0.382 e. The van der Waals surface area contributed by atoms with Gasteiger partial charge in [0.05, 0.1) is 26.4 Å². The van der Waals surface area contributed by atoms with Crippen molar-refractivity contribution in [2.24, 2.45) is 0 Å². The summed E-state index contributed by atoms with van der Waals surface area (Å²) < 4.78 is 39.7. The number of nitrogens with one attached hydrogen (secondary N) is 3. The van der Waals surface area contributed by atoms with Crippen molar-refractivity contribution in [3.05, 3.63) is 69.8 Å². The maximum absolute atomic E-state index is 13.0. The Balaban J connectivity index is 1.49. The van der Waals surface area contributed by atoms with E-state index in [2.05, 4.69) is 25.9 Å². The van der Waals surface area contributed by atoms with Crippen LogP contribution in [0.15, 0.2) is 48.1 Å². The number of aryl methyl sites for hydroxylation is 1. The molecule has 2 aromatic heterocycles. The summed E-state index contributed by atoms with van der Waals surface area (Å²) in [5, 5.41) is 8.78. The minimum atomic E-state index is -4.67. The second-order valence-corrected chi connectivity index (χ2v) is 8.63. The lowest BCUT2D eigenvalue weighted by atomic mass is 10.1. The molecule has 2 heterocycles. The molecule has 0 aliphatic heterocycles. The lowest BCUT2D eigenvalue weighted by molar-refractivity contribution is -0.137. The van der Waals surface area contributed by atoms with E-state index in [1.54, 1.807) is 24.4 Å². The van der Waals surface area contributed by atoms with Gasteiger partial charge in [-0.3, -0.25) is 4.79 Å². The van der Waals surface area contributed by atoms with Crippen LogP contribution in [0.2, 0.25) is 5.02 Å². The van der Waals surface area contributed by atoms with Gasteiger partial charge in [0.15, 0.2) is 0 Å². The molecule has 4 aromatic rings. The Kier molecular flexibility index (Phi) is 6.50. The predicted octanol–water partition coefficient (Wildman–Crippen LogP) is 6.15. The quantitative estimate of drug-likeness (QED) is 0.257. The fraction of sp³-hybridized carbons (Fsp3) is 0.0909. The first kappa shape index (κ1) is 24.2. The molecule has 0 saturated heterocycles. The molecule has 0 fully saturated rings. The van der Waals surface area contributed by atoms with Gasteiger partial charge in [-0.05, 0) is 42.8 Å². The van der Waals surface area contributed by atoms with E-state index < -0.39 is 28.7 Å². The Bertz CT molecular complexity index is 1460. The van der Waals surface area contributed by atoms with Gasteiger partial charge in [-0.25, -0.2) is 14.8 Å². The van der Waals surface area contributed by atoms with Crippen LogP contribution in [0.3, 0.4) is 0 Å². The van der Waals surface area contributed by atoms with Crippen LogP contribution in [0, 0.1) is 6.92 Å². The summed E-state index contributed by atoms with van der Waals surface area (Å²) in [5.41, 5.74) is 6.84. The molecule has 0 spiro atoms. The Morgan fingerprint density at radius 2 is 1.71 bits per heavy atom. The van der Waals surface area contributed by atoms with E-state index in [0.717, 1.165) is 12.1 Å². The number of urea groups is 1. The molecule has 0 unspecified atom stereocenters. The van der Waals surface area contributed by atoms with Crippen LogP contribution in [0.25, 0.3) is 10.2 Å². The zero-order chi connectivity index (χ0) is 25.3. The lowest BCUT2D eigenvalue weighted by Crippen LogP contribution is -2.20. The standard InChI is InChI=1S/C22H16ClF3N6O2S/c1-10-2-3-12(31-21(34)30-11-4-5-15(23)14(6-11)22(24,25)26)7-16(10)32-20(33)13-8-35-18-17(13)28-9-29-19(18)27/h2-9H,1H3,(H,32,33)(H2,27,28,29)(H2,30,31,34). The van der Waals surface area contributed by atoms with Gasteiger partial charge in [0.25, 0.3) is 5.91 Å². The van der Waals surface area contributed by atoms with Crippen LogP contribution in [-0.4, -0.2) is 21.9 Å². The highest BCUT2D eigenvalue weighted by atomic mass is 35.5. The van der Waals surface area contributed by atoms with E-state index in [9.17, 15) is 22.8 Å². The first-order valence-electron chi connectivity index (χ1n) is 9.87. The zero-order valence-electron chi connectivity index (χ0n) is 17.8. The van der Waals surface area contributed by atoms with Crippen molar-refractivity contribution < 1.29 is 22.8 Å². The number of halogens is 4. The third-order valence-electron chi connectivity index (χ3n) is 4.90.